The minimum Gasteiger partial charge on any atom is -0.378 e. The molecule has 9 nitrogen and oxygen atoms in total. The molecule has 0 atom stereocenters. The number of morpholine rings is 1. The summed E-state index contributed by atoms with van der Waals surface area (Å²) in [5.41, 5.74) is 1.10. The fraction of sp³-hybridized carbons (Fsp3) is 0.211. The molecule has 1 N–H and O–H groups in total. The normalized spacial score (nSPS) is 14.3. The largest absolute Gasteiger partial charge is 0.378 e. The molecule has 1 aliphatic rings. The molecule has 0 spiro atoms. The van der Waals surface area contributed by atoms with E-state index in [9.17, 15) is 4.39 Å². The van der Waals surface area contributed by atoms with Gasteiger partial charge in [0.15, 0.2) is 0 Å². The van der Waals surface area contributed by atoms with Crippen LogP contribution in [0.15, 0.2) is 48.7 Å². The maximum atomic E-state index is 14.7. The minimum absolute atomic E-state index is 0.145. The van der Waals surface area contributed by atoms with Gasteiger partial charge < -0.3 is 15.0 Å². The van der Waals surface area contributed by atoms with Crippen LogP contribution in [-0.4, -0.2) is 55.8 Å². The fourth-order valence-corrected chi connectivity index (χ4v) is 3.15. The lowest BCUT2D eigenvalue weighted by molar-refractivity contribution is 0.122. The molecule has 29 heavy (non-hydrogen) atoms. The Hall–Kier alpha value is -3.66. The van der Waals surface area contributed by atoms with Gasteiger partial charge in [-0.15, -0.1) is 0 Å². The summed E-state index contributed by atoms with van der Waals surface area (Å²) >= 11 is 0. The Kier molecular flexibility index (Phi) is 4.45. The number of ether oxygens (including phenoxy) is 1. The van der Waals surface area contributed by atoms with E-state index < -0.39 is 6.08 Å². The number of hydrogen-bond donors (Lipinski definition) is 1. The van der Waals surface area contributed by atoms with Crippen LogP contribution in [0.4, 0.5) is 22.1 Å². The number of hydrogen-bond acceptors (Lipinski definition) is 8. The summed E-state index contributed by atoms with van der Waals surface area (Å²) in [6.07, 6.45) is 0.977. The second kappa shape index (κ2) is 7.40. The summed E-state index contributed by atoms with van der Waals surface area (Å²) < 4.78 is 21.4. The highest BCUT2D eigenvalue weighted by Crippen LogP contribution is 2.22. The van der Waals surface area contributed by atoms with Gasteiger partial charge >= 0.3 is 0 Å². The third kappa shape index (κ3) is 3.45. The Morgan fingerprint density at radius 1 is 0.897 bits per heavy atom. The first-order valence-corrected chi connectivity index (χ1v) is 9.18. The van der Waals surface area contributed by atoms with Crippen LogP contribution in [-0.2, 0) is 4.74 Å². The average molecular weight is 392 g/mol. The number of pyridine rings is 1. The van der Waals surface area contributed by atoms with Crippen molar-refractivity contribution in [1.29, 1.82) is 0 Å². The van der Waals surface area contributed by atoms with Crippen molar-refractivity contribution in [2.24, 2.45) is 0 Å². The van der Waals surface area contributed by atoms with Crippen LogP contribution in [0, 0.1) is 6.08 Å². The zero-order valence-electron chi connectivity index (χ0n) is 15.4. The first-order chi connectivity index (χ1) is 14.3. The Morgan fingerprint density at radius 3 is 2.52 bits per heavy atom. The highest BCUT2D eigenvalue weighted by Gasteiger charge is 2.20. The van der Waals surface area contributed by atoms with Gasteiger partial charge in [0, 0.05) is 19.3 Å². The van der Waals surface area contributed by atoms with E-state index in [1.165, 1.54) is 4.57 Å². The summed E-state index contributed by atoms with van der Waals surface area (Å²) in [6.45, 7) is 2.43. The molecule has 4 heterocycles. The van der Waals surface area contributed by atoms with E-state index in [1.807, 2.05) is 23.1 Å². The minimum atomic E-state index is -0.686. The van der Waals surface area contributed by atoms with E-state index in [0.29, 0.717) is 49.1 Å². The second-order valence-electron chi connectivity index (χ2n) is 6.40. The first kappa shape index (κ1) is 17.4. The van der Waals surface area contributed by atoms with E-state index in [0.717, 1.165) is 0 Å². The predicted octanol–water partition coefficient (Wildman–Crippen LogP) is 2.32. The van der Waals surface area contributed by atoms with Crippen LogP contribution in [0.1, 0.15) is 0 Å². The van der Waals surface area contributed by atoms with Crippen molar-refractivity contribution >= 4 is 28.7 Å². The summed E-state index contributed by atoms with van der Waals surface area (Å²) in [5.74, 6) is 1.43. The number of benzene rings is 1. The average Bonchev–Trinajstić information content (AvgIpc) is 3.10. The quantitative estimate of drug-likeness (QED) is 0.566. The van der Waals surface area contributed by atoms with Crippen LogP contribution < -0.4 is 10.2 Å². The van der Waals surface area contributed by atoms with Crippen LogP contribution >= 0.6 is 0 Å². The van der Waals surface area contributed by atoms with Gasteiger partial charge in [0.05, 0.1) is 24.2 Å². The molecule has 0 aliphatic carbocycles. The molecule has 10 heteroatoms. The first-order valence-electron chi connectivity index (χ1n) is 9.18. The van der Waals surface area contributed by atoms with Crippen molar-refractivity contribution in [2.75, 3.05) is 36.5 Å². The number of fused-ring (bicyclic) bond motifs is 1. The molecular formula is C19H17FN8O. The van der Waals surface area contributed by atoms with E-state index in [-0.39, 0.29) is 11.9 Å². The Morgan fingerprint density at radius 2 is 1.69 bits per heavy atom. The number of nitrogens with zero attached hydrogens (tertiary/aromatic N) is 7. The summed E-state index contributed by atoms with van der Waals surface area (Å²) in [7, 11) is 0. The third-order valence-corrected chi connectivity index (χ3v) is 4.53. The Bertz CT molecular complexity index is 1140. The van der Waals surface area contributed by atoms with Gasteiger partial charge in [0.1, 0.15) is 5.82 Å². The number of nitrogens with one attached hydrogen (secondary N) is 1. The topological polar surface area (TPSA) is 93.9 Å². The molecule has 0 amide bonds. The van der Waals surface area contributed by atoms with Gasteiger partial charge in [-0.2, -0.15) is 19.3 Å². The van der Waals surface area contributed by atoms with Gasteiger partial charge in [-0.05, 0) is 24.3 Å². The number of anilines is 3. The van der Waals surface area contributed by atoms with Gasteiger partial charge in [0.25, 0.3) is 6.08 Å². The van der Waals surface area contributed by atoms with Gasteiger partial charge in [0.2, 0.25) is 17.8 Å². The zero-order chi connectivity index (χ0) is 19.6. The molecule has 5 rings (SSSR count). The van der Waals surface area contributed by atoms with E-state index in [1.54, 1.807) is 30.5 Å². The smallest absolute Gasteiger partial charge is 0.297 e. The molecule has 0 radical (unpaired) electrons. The van der Waals surface area contributed by atoms with Crippen molar-refractivity contribution in [2.45, 2.75) is 0 Å². The molecule has 3 aromatic heterocycles. The number of halogens is 1. The number of imidazole rings is 1. The third-order valence-electron chi connectivity index (χ3n) is 4.53. The molecule has 146 valence electrons. The molecule has 1 aromatic carbocycles. The van der Waals surface area contributed by atoms with E-state index in [2.05, 4.69) is 30.2 Å². The second-order valence-corrected chi connectivity index (χ2v) is 6.40. The Balaban J connectivity index is 1.63. The maximum absolute atomic E-state index is 14.7. The van der Waals surface area contributed by atoms with Crippen LogP contribution in [0.3, 0.4) is 0 Å². The van der Waals surface area contributed by atoms with Crippen molar-refractivity contribution < 1.29 is 9.13 Å². The van der Waals surface area contributed by atoms with Gasteiger partial charge in [-0.1, -0.05) is 18.2 Å². The van der Waals surface area contributed by atoms with Crippen molar-refractivity contribution in [1.82, 2.24) is 29.5 Å². The SMILES string of the molecule is Fc1nc2ccccc2n1-c1nc(Nc2ccccn2)nc(N2CCOCC2)n1. The molecule has 1 aliphatic heterocycles. The Labute approximate surface area is 165 Å². The molecule has 1 fully saturated rings. The number of para-hydroxylation sites is 2. The zero-order valence-corrected chi connectivity index (χ0v) is 15.4. The highest BCUT2D eigenvalue weighted by molar-refractivity contribution is 5.76. The van der Waals surface area contributed by atoms with E-state index in [4.69, 9.17) is 4.74 Å². The van der Waals surface area contributed by atoms with Crippen molar-refractivity contribution in [3.05, 3.63) is 54.7 Å². The van der Waals surface area contributed by atoms with Crippen molar-refractivity contribution in [3.63, 3.8) is 0 Å². The molecule has 4 aromatic rings. The molecule has 0 bridgehead atoms. The number of aromatic nitrogens is 6. The lowest BCUT2D eigenvalue weighted by atomic mass is 10.3. The molecule has 1 saturated heterocycles. The molecule has 0 unspecified atom stereocenters. The summed E-state index contributed by atoms with van der Waals surface area (Å²) in [6, 6.07) is 12.6. The van der Waals surface area contributed by atoms with E-state index >= 15 is 0 Å². The lowest BCUT2D eigenvalue weighted by Crippen LogP contribution is -2.37. The molecular weight excluding hydrogens is 375 g/mol. The van der Waals surface area contributed by atoms with Crippen LogP contribution in [0.2, 0.25) is 0 Å². The highest BCUT2D eigenvalue weighted by atomic mass is 19.1. The summed E-state index contributed by atoms with van der Waals surface area (Å²) in [5, 5.41) is 3.07. The van der Waals surface area contributed by atoms with Crippen LogP contribution in [0.5, 0.6) is 0 Å². The molecule has 0 saturated carbocycles. The number of rotatable bonds is 4. The monoisotopic (exact) mass is 392 g/mol. The van der Waals surface area contributed by atoms with Crippen LogP contribution in [0.25, 0.3) is 17.0 Å². The lowest BCUT2D eigenvalue weighted by Gasteiger charge is -2.27. The van der Waals surface area contributed by atoms with Crippen molar-refractivity contribution in [3.8, 4) is 5.95 Å². The summed E-state index contributed by atoms with van der Waals surface area (Å²) in [4.78, 5) is 23.7. The predicted molar refractivity (Wildman–Crippen MR) is 105 cm³/mol. The standard InChI is InChI=1S/C19H17FN8O/c20-16-22-13-5-1-2-6-14(13)28(16)19-25-17(23-15-7-3-4-8-21-15)24-18(26-19)27-9-11-29-12-10-27/h1-8H,9-12H2,(H,21,23,24,25,26). The fourth-order valence-electron chi connectivity index (χ4n) is 3.15. The van der Waals surface area contributed by atoms with Gasteiger partial charge in [-0.25, -0.2) is 14.5 Å². The maximum Gasteiger partial charge on any atom is 0.297 e. The van der Waals surface area contributed by atoms with Gasteiger partial charge in [-0.3, -0.25) is 0 Å².